The van der Waals surface area contributed by atoms with Crippen LogP contribution >= 0.6 is 23.4 Å². The molecule has 3 rings (SSSR count). The molecule has 2 saturated heterocycles. The largest absolute Gasteiger partial charge is 0.341 e. The summed E-state index contributed by atoms with van der Waals surface area (Å²) in [7, 11) is 0. The molecule has 1 aromatic carbocycles. The summed E-state index contributed by atoms with van der Waals surface area (Å²) in [5.41, 5.74) is 0.0853. The molecule has 10 heteroatoms. The van der Waals surface area contributed by atoms with Gasteiger partial charge in [-0.3, -0.25) is 29.4 Å². The molecular weight excluding hydrogens is 406 g/mol. The Morgan fingerprint density at radius 1 is 1.36 bits per heavy atom. The molecular formula is C18H18ClN3O5S. The lowest BCUT2D eigenvalue weighted by Crippen LogP contribution is -2.45. The third-order valence-corrected chi connectivity index (χ3v) is 6.03. The maximum absolute atomic E-state index is 12.6. The van der Waals surface area contributed by atoms with Gasteiger partial charge >= 0.3 is 0 Å². The van der Waals surface area contributed by atoms with E-state index in [4.69, 9.17) is 11.6 Å². The number of halogens is 1. The van der Waals surface area contributed by atoms with Gasteiger partial charge in [-0.15, -0.1) is 0 Å². The van der Waals surface area contributed by atoms with Crippen LogP contribution < -0.4 is 0 Å². The van der Waals surface area contributed by atoms with Crippen molar-refractivity contribution in [2.24, 2.45) is 5.92 Å². The second-order valence-corrected chi connectivity index (χ2v) is 8.19. The average molecular weight is 424 g/mol. The van der Waals surface area contributed by atoms with E-state index in [1.165, 1.54) is 24.3 Å². The Balaban J connectivity index is 1.75. The highest BCUT2D eigenvalue weighted by molar-refractivity contribution is 8.18. The first-order valence-electron chi connectivity index (χ1n) is 8.73. The van der Waals surface area contributed by atoms with Crippen molar-refractivity contribution < 1.29 is 19.3 Å². The van der Waals surface area contributed by atoms with Gasteiger partial charge < -0.3 is 4.90 Å². The van der Waals surface area contributed by atoms with Gasteiger partial charge in [0.05, 0.1) is 9.83 Å². The molecule has 0 atom stereocenters. The highest BCUT2D eigenvalue weighted by Crippen LogP contribution is 2.34. The monoisotopic (exact) mass is 423 g/mol. The molecule has 28 heavy (non-hydrogen) atoms. The summed E-state index contributed by atoms with van der Waals surface area (Å²) < 4.78 is 0. The Morgan fingerprint density at radius 3 is 2.68 bits per heavy atom. The van der Waals surface area contributed by atoms with Gasteiger partial charge in [0.1, 0.15) is 6.54 Å². The SMILES string of the molecule is CC1CCN(C(=O)CN2C(=O)S/C(=C\c3cc([N+](=O)[O-])ccc3Cl)C2=O)CC1. The molecule has 2 aliphatic heterocycles. The van der Waals surface area contributed by atoms with E-state index < -0.39 is 16.1 Å². The first-order chi connectivity index (χ1) is 13.3. The van der Waals surface area contributed by atoms with Crippen molar-refractivity contribution >= 4 is 52.2 Å². The Kier molecular flexibility index (Phi) is 6.04. The van der Waals surface area contributed by atoms with Crippen LogP contribution in [-0.4, -0.2) is 51.4 Å². The van der Waals surface area contributed by atoms with Gasteiger partial charge in [-0.25, -0.2) is 0 Å². The average Bonchev–Trinajstić information content (AvgIpc) is 2.91. The van der Waals surface area contributed by atoms with Crippen molar-refractivity contribution in [3.05, 3.63) is 43.8 Å². The van der Waals surface area contributed by atoms with Crippen LogP contribution in [-0.2, 0) is 9.59 Å². The minimum atomic E-state index is -0.601. The van der Waals surface area contributed by atoms with Crippen molar-refractivity contribution in [1.29, 1.82) is 0 Å². The fraction of sp³-hybridized carbons (Fsp3) is 0.389. The normalized spacial score (nSPS) is 19.6. The number of nitrogens with zero attached hydrogens (tertiary/aromatic N) is 3. The molecule has 0 saturated carbocycles. The minimum absolute atomic E-state index is 0.0764. The zero-order chi connectivity index (χ0) is 20.4. The summed E-state index contributed by atoms with van der Waals surface area (Å²) in [5.74, 6) is -0.302. The van der Waals surface area contributed by atoms with E-state index in [1.54, 1.807) is 4.90 Å². The van der Waals surface area contributed by atoms with E-state index in [-0.39, 0.29) is 33.6 Å². The van der Waals surface area contributed by atoms with E-state index in [9.17, 15) is 24.5 Å². The number of nitro groups is 1. The number of piperidine rings is 1. The van der Waals surface area contributed by atoms with E-state index in [0.29, 0.717) is 30.8 Å². The van der Waals surface area contributed by atoms with Crippen molar-refractivity contribution in [3.63, 3.8) is 0 Å². The number of hydrogen-bond acceptors (Lipinski definition) is 6. The Bertz CT molecular complexity index is 880. The maximum Gasteiger partial charge on any atom is 0.294 e. The highest BCUT2D eigenvalue weighted by atomic mass is 35.5. The van der Waals surface area contributed by atoms with E-state index in [0.717, 1.165) is 17.7 Å². The van der Waals surface area contributed by atoms with Gasteiger partial charge in [0.15, 0.2) is 0 Å². The fourth-order valence-corrected chi connectivity index (χ4v) is 4.03. The second kappa shape index (κ2) is 8.32. The Hall–Kier alpha value is -2.39. The van der Waals surface area contributed by atoms with Crippen LogP contribution in [0.3, 0.4) is 0 Å². The molecule has 1 aromatic rings. The van der Waals surface area contributed by atoms with Gasteiger partial charge in [0.25, 0.3) is 16.8 Å². The number of hydrogen-bond donors (Lipinski definition) is 0. The van der Waals surface area contributed by atoms with E-state index in [1.807, 2.05) is 0 Å². The number of likely N-dealkylation sites (tertiary alicyclic amines) is 1. The highest BCUT2D eigenvalue weighted by Gasteiger charge is 2.37. The predicted octanol–water partition coefficient (Wildman–Crippen LogP) is 3.54. The molecule has 0 unspecified atom stereocenters. The summed E-state index contributed by atoms with van der Waals surface area (Å²) in [6.07, 6.45) is 3.14. The molecule has 2 aliphatic rings. The van der Waals surface area contributed by atoms with Crippen molar-refractivity contribution in [2.75, 3.05) is 19.6 Å². The topological polar surface area (TPSA) is 101 Å². The quantitative estimate of drug-likeness (QED) is 0.417. The number of thioether (sulfide) groups is 1. The van der Waals surface area contributed by atoms with Crippen molar-refractivity contribution in [2.45, 2.75) is 19.8 Å². The van der Waals surface area contributed by atoms with E-state index in [2.05, 4.69) is 6.92 Å². The summed E-state index contributed by atoms with van der Waals surface area (Å²) in [6, 6.07) is 3.84. The van der Waals surface area contributed by atoms with Gasteiger partial charge in [-0.05, 0) is 42.7 Å². The van der Waals surface area contributed by atoms with Crippen molar-refractivity contribution in [1.82, 2.24) is 9.80 Å². The van der Waals surface area contributed by atoms with Crippen LogP contribution in [0.2, 0.25) is 5.02 Å². The molecule has 0 spiro atoms. The summed E-state index contributed by atoms with van der Waals surface area (Å²) in [6.45, 7) is 3.06. The number of carbonyl (C=O) groups is 3. The lowest BCUT2D eigenvalue weighted by molar-refractivity contribution is -0.384. The smallest absolute Gasteiger partial charge is 0.294 e. The van der Waals surface area contributed by atoms with Gasteiger partial charge in [-0.1, -0.05) is 18.5 Å². The number of benzene rings is 1. The summed E-state index contributed by atoms with van der Waals surface area (Å²) in [5, 5.41) is 10.6. The van der Waals surface area contributed by atoms with Crippen LogP contribution in [0.4, 0.5) is 10.5 Å². The van der Waals surface area contributed by atoms with Gasteiger partial charge in [0.2, 0.25) is 5.91 Å². The number of nitro benzene ring substituents is 1. The minimum Gasteiger partial charge on any atom is -0.341 e. The van der Waals surface area contributed by atoms with Crippen LogP contribution in [0.15, 0.2) is 23.1 Å². The van der Waals surface area contributed by atoms with Gasteiger partial charge in [-0.2, -0.15) is 0 Å². The second-order valence-electron chi connectivity index (χ2n) is 6.79. The molecule has 0 aromatic heterocycles. The lowest BCUT2D eigenvalue weighted by Gasteiger charge is -2.31. The predicted molar refractivity (Wildman–Crippen MR) is 106 cm³/mol. The van der Waals surface area contributed by atoms with E-state index >= 15 is 0 Å². The molecule has 0 aliphatic carbocycles. The summed E-state index contributed by atoms with van der Waals surface area (Å²) >= 11 is 6.74. The van der Waals surface area contributed by atoms with Crippen LogP contribution in [0, 0.1) is 16.0 Å². The standard InChI is InChI=1S/C18H18ClN3O5S/c1-11-4-6-20(7-5-11)16(23)10-21-17(24)15(28-18(21)25)9-12-8-13(22(26)27)2-3-14(12)19/h2-3,8-9,11H,4-7,10H2,1H3/b15-9-. The zero-order valence-electron chi connectivity index (χ0n) is 15.1. The zero-order valence-corrected chi connectivity index (χ0v) is 16.7. The first kappa shape index (κ1) is 20.3. The molecule has 148 valence electrons. The Morgan fingerprint density at radius 2 is 2.04 bits per heavy atom. The van der Waals surface area contributed by atoms with Crippen LogP contribution in [0.1, 0.15) is 25.3 Å². The van der Waals surface area contributed by atoms with Crippen LogP contribution in [0.25, 0.3) is 6.08 Å². The Labute approximate surface area is 170 Å². The number of carbonyl (C=O) groups excluding carboxylic acids is 3. The third-order valence-electron chi connectivity index (χ3n) is 4.78. The molecule has 2 fully saturated rings. The molecule has 8 nitrogen and oxygen atoms in total. The third kappa shape index (κ3) is 4.36. The summed E-state index contributed by atoms with van der Waals surface area (Å²) in [4.78, 5) is 50.3. The molecule has 0 N–H and O–H groups in total. The number of imide groups is 1. The molecule has 3 amide bonds. The lowest BCUT2D eigenvalue weighted by atomic mass is 9.99. The van der Waals surface area contributed by atoms with Crippen LogP contribution in [0.5, 0.6) is 0 Å². The molecule has 0 radical (unpaired) electrons. The molecule has 2 heterocycles. The number of rotatable bonds is 4. The maximum atomic E-state index is 12.6. The van der Waals surface area contributed by atoms with Crippen molar-refractivity contribution in [3.8, 4) is 0 Å². The number of amides is 3. The first-order valence-corrected chi connectivity index (χ1v) is 9.93. The molecule has 0 bridgehead atoms. The number of non-ortho nitro benzene ring substituents is 1. The fourth-order valence-electron chi connectivity index (χ4n) is 3.03. The van der Waals surface area contributed by atoms with Gasteiger partial charge in [0, 0.05) is 35.8 Å².